The molecule has 2 amide bonds. The Hall–Kier alpha value is -2.82. The molecule has 1 aliphatic heterocycles. The molecule has 182 valence electrons. The van der Waals surface area contributed by atoms with E-state index >= 15 is 0 Å². The Bertz CT molecular complexity index is 945. The van der Waals surface area contributed by atoms with Gasteiger partial charge in [-0.1, -0.05) is 61.7 Å². The minimum Gasteiger partial charge on any atom is -0.487 e. The third kappa shape index (κ3) is 6.19. The van der Waals surface area contributed by atoms with E-state index in [1.54, 1.807) is 0 Å². The van der Waals surface area contributed by atoms with E-state index in [0.717, 1.165) is 70.9 Å². The number of benzene rings is 2. The van der Waals surface area contributed by atoms with E-state index in [9.17, 15) is 9.59 Å². The molecular formula is C29H38N2O3. The first kappa shape index (κ1) is 24.3. The van der Waals surface area contributed by atoms with Crippen LogP contribution in [0.3, 0.4) is 0 Å². The van der Waals surface area contributed by atoms with Crippen molar-refractivity contribution in [2.45, 2.75) is 76.4 Å². The molecule has 0 N–H and O–H groups in total. The fourth-order valence-electron chi connectivity index (χ4n) is 5.29. The van der Waals surface area contributed by atoms with Gasteiger partial charge in [-0.05, 0) is 56.2 Å². The summed E-state index contributed by atoms with van der Waals surface area (Å²) in [6.07, 6.45) is 9.36. The molecule has 34 heavy (non-hydrogen) atoms. The molecule has 4 rings (SSSR count). The highest BCUT2D eigenvalue weighted by molar-refractivity contribution is 5.96. The first-order chi connectivity index (χ1) is 16.6. The summed E-state index contributed by atoms with van der Waals surface area (Å²) >= 11 is 0. The first-order valence-electron chi connectivity index (χ1n) is 13.0. The van der Waals surface area contributed by atoms with Crippen molar-refractivity contribution < 1.29 is 14.3 Å². The fourth-order valence-corrected chi connectivity index (χ4v) is 5.29. The molecule has 0 aromatic heterocycles. The van der Waals surface area contributed by atoms with Crippen molar-refractivity contribution in [1.29, 1.82) is 0 Å². The second-order valence-corrected chi connectivity index (χ2v) is 9.72. The number of carbonyl (C=O) groups excluding carboxylic acids is 2. The van der Waals surface area contributed by atoms with E-state index in [2.05, 4.69) is 17.0 Å². The maximum absolute atomic E-state index is 13.5. The number of nitrogens with zero attached hydrogens (tertiary/aromatic N) is 2. The molecular weight excluding hydrogens is 424 g/mol. The van der Waals surface area contributed by atoms with Crippen LogP contribution in [0.4, 0.5) is 0 Å². The summed E-state index contributed by atoms with van der Waals surface area (Å²) in [5.74, 6) is 0.876. The Morgan fingerprint density at radius 1 is 0.882 bits per heavy atom. The van der Waals surface area contributed by atoms with Crippen LogP contribution in [0.1, 0.15) is 73.7 Å². The van der Waals surface area contributed by atoms with Crippen molar-refractivity contribution in [3.05, 3.63) is 65.7 Å². The summed E-state index contributed by atoms with van der Waals surface area (Å²) in [6.45, 7) is 1.52. The van der Waals surface area contributed by atoms with Crippen LogP contribution in [0.5, 0.6) is 5.75 Å². The second-order valence-electron chi connectivity index (χ2n) is 9.72. The van der Waals surface area contributed by atoms with Crippen molar-refractivity contribution >= 4 is 11.8 Å². The number of rotatable bonds is 3. The van der Waals surface area contributed by atoms with Crippen LogP contribution in [-0.4, -0.2) is 53.9 Å². The molecule has 0 saturated heterocycles. The Balaban J connectivity index is 1.57. The average molecular weight is 463 g/mol. The molecule has 2 aliphatic rings. The summed E-state index contributed by atoms with van der Waals surface area (Å²) < 4.78 is 6.57. The number of hydrogen-bond acceptors (Lipinski definition) is 3. The second kappa shape index (κ2) is 12.0. The van der Waals surface area contributed by atoms with Crippen LogP contribution in [0.15, 0.2) is 54.6 Å². The van der Waals surface area contributed by atoms with Crippen LogP contribution in [0, 0.1) is 0 Å². The summed E-state index contributed by atoms with van der Waals surface area (Å²) in [5, 5.41) is 0. The van der Waals surface area contributed by atoms with Crippen LogP contribution < -0.4 is 4.74 Å². The van der Waals surface area contributed by atoms with Crippen molar-refractivity contribution in [2.24, 2.45) is 0 Å². The first-order valence-corrected chi connectivity index (χ1v) is 13.0. The van der Waals surface area contributed by atoms with Gasteiger partial charge in [0.25, 0.3) is 5.91 Å². The van der Waals surface area contributed by atoms with Crippen molar-refractivity contribution in [1.82, 2.24) is 9.80 Å². The number of hydrogen-bond donors (Lipinski definition) is 0. The third-order valence-electron chi connectivity index (χ3n) is 7.24. The van der Waals surface area contributed by atoms with Gasteiger partial charge in [0.05, 0.1) is 11.6 Å². The summed E-state index contributed by atoms with van der Waals surface area (Å²) in [4.78, 5) is 30.6. The van der Waals surface area contributed by atoms with Gasteiger partial charge in [0, 0.05) is 26.6 Å². The van der Waals surface area contributed by atoms with Crippen LogP contribution in [0.2, 0.25) is 0 Å². The van der Waals surface area contributed by atoms with Crippen molar-refractivity contribution in [2.75, 3.05) is 20.1 Å². The highest BCUT2D eigenvalue weighted by Gasteiger charge is 2.35. The largest absolute Gasteiger partial charge is 0.487 e. The molecule has 5 nitrogen and oxygen atoms in total. The number of amides is 2. The molecule has 1 fully saturated rings. The number of para-hydroxylation sites is 1. The number of carbonyl (C=O) groups is 2. The van der Waals surface area contributed by atoms with Gasteiger partial charge in [-0.15, -0.1) is 0 Å². The van der Waals surface area contributed by atoms with Crippen LogP contribution in [0.25, 0.3) is 0 Å². The van der Waals surface area contributed by atoms with E-state index in [1.807, 2.05) is 54.4 Å². The fraction of sp³-hybridized carbons (Fsp3) is 0.517. The zero-order valence-electron chi connectivity index (χ0n) is 20.5. The van der Waals surface area contributed by atoms with E-state index in [-0.39, 0.29) is 24.0 Å². The van der Waals surface area contributed by atoms with E-state index in [4.69, 9.17) is 4.74 Å². The lowest BCUT2D eigenvalue weighted by Gasteiger charge is -2.40. The molecule has 1 saturated carbocycles. The average Bonchev–Trinajstić information content (AvgIpc) is 2.87. The Labute approximate surface area is 204 Å². The van der Waals surface area contributed by atoms with Gasteiger partial charge in [0.2, 0.25) is 5.91 Å². The minimum atomic E-state index is -0.0865. The maximum Gasteiger partial charge on any atom is 0.257 e. The summed E-state index contributed by atoms with van der Waals surface area (Å²) in [6, 6.07) is 17.9. The van der Waals surface area contributed by atoms with E-state index in [1.165, 1.54) is 5.56 Å². The van der Waals surface area contributed by atoms with E-state index in [0.29, 0.717) is 17.7 Å². The normalized spacial score (nSPS) is 22.2. The molecule has 5 heteroatoms. The Kier molecular flexibility index (Phi) is 8.62. The molecule has 2 aromatic carbocycles. The van der Waals surface area contributed by atoms with E-state index < -0.39 is 0 Å². The van der Waals surface area contributed by atoms with Gasteiger partial charge < -0.3 is 14.5 Å². The molecule has 2 atom stereocenters. The van der Waals surface area contributed by atoms with Gasteiger partial charge >= 0.3 is 0 Å². The van der Waals surface area contributed by atoms with Crippen molar-refractivity contribution in [3.8, 4) is 5.75 Å². The quantitative estimate of drug-likeness (QED) is 0.607. The standard InChI is InChI=1S/C29H38N2O3/c1-30-21-11-2-3-12-22-31(28(32)20-19-23-13-5-4-6-14-23)25-16-8-10-18-27(25)34-26-17-9-7-15-24(26)29(30)33/h4-7,9,13-15,17,25,27H,2-3,8,10-12,16,18-22H2,1H3/t25-,27+/m1/s1. The predicted molar refractivity (Wildman–Crippen MR) is 135 cm³/mol. The van der Waals surface area contributed by atoms with Gasteiger partial charge in [0.1, 0.15) is 11.9 Å². The molecule has 2 aromatic rings. The summed E-state index contributed by atoms with van der Waals surface area (Å²) in [7, 11) is 1.88. The number of ether oxygens (including phenoxy) is 1. The highest BCUT2D eigenvalue weighted by atomic mass is 16.5. The zero-order valence-corrected chi connectivity index (χ0v) is 20.5. The monoisotopic (exact) mass is 462 g/mol. The maximum atomic E-state index is 13.5. The Morgan fingerprint density at radius 2 is 1.59 bits per heavy atom. The third-order valence-corrected chi connectivity index (χ3v) is 7.24. The molecule has 0 spiro atoms. The lowest BCUT2D eigenvalue weighted by Crippen LogP contribution is -2.51. The molecule has 1 aliphatic carbocycles. The summed E-state index contributed by atoms with van der Waals surface area (Å²) in [5.41, 5.74) is 1.82. The molecule has 0 unspecified atom stereocenters. The number of fused-ring (bicyclic) bond motifs is 2. The zero-order chi connectivity index (χ0) is 23.8. The lowest BCUT2D eigenvalue weighted by molar-refractivity contribution is -0.136. The molecule has 1 heterocycles. The van der Waals surface area contributed by atoms with Gasteiger partial charge in [-0.3, -0.25) is 9.59 Å². The van der Waals surface area contributed by atoms with Gasteiger partial charge in [-0.2, -0.15) is 0 Å². The Morgan fingerprint density at radius 3 is 2.41 bits per heavy atom. The molecule has 0 bridgehead atoms. The minimum absolute atomic E-state index is 0.0100. The number of aryl methyl sites for hydroxylation is 1. The predicted octanol–water partition coefficient (Wildman–Crippen LogP) is 5.48. The lowest BCUT2D eigenvalue weighted by atomic mass is 9.90. The SMILES string of the molecule is CN1CCCCCCN(C(=O)CCc2ccccc2)[C@@H]2CCCC[C@@H]2Oc2ccccc2C1=O. The molecule has 0 radical (unpaired) electrons. The smallest absolute Gasteiger partial charge is 0.257 e. The van der Waals surface area contributed by atoms with Crippen molar-refractivity contribution in [3.63, 3.8) is 0 Å². The van der Waals surface area contributed by atoms with Crippen LogP contribution in [-0.2, 0) is 11.2 Å². The highest BCUT2D eigenvalue weighted by Crippen LogP contribution is 2.31. The van der Waals surface area contributed by atoms with Crippen LogP contribution >= 0.6 is 0 Å². The van der Waals surface area contributed by atoms with Gasteiger partial charge in [-0.25, -0.2) is 0 Å². The topological polar surface area (TPSA) is 49.9 Å². The van der Waals surface area contributed by atoms with Gasteiger partial charge in [0.15, 0.2) is 0 Å².